The molecule has 14 heteroatoms. The molecule has 2 saturated heterocycles. The van der Waals surface area contributed by atoms with Crippen LogP contribution in [-0.2, 0) is 19.1 Å². The first-order chi connectivity index (χ1) is 30.4. The summed E-state index contributed by atoms with van der Waals surface area (Å²) in [6.07, 6.45) is 7.49. The Kier molecular flexibility index (Phi) is 11.5. The van der Waals surface area contributed by atoms with Crippen LogP contribution in [-0.4, -0.2) is 93.1 Å². The fraction of sp³-hybridized carbons (Fsp3) is 0.469. The van der Waals surface area contributed by atoms with Gasteiger partial charge in [0, 0.05) is 13.1 Å². The van der Waals surface area contributed by atoms with Crippen molar-refractivity contribution < 1.29 is 28.7 Å². The van der Waals surface area contributed by atoms with Gasteiger partial charge in [-0.05, 0) is 120 Å². The third kappa shape index (κ3) is 7.82. The lowest BCUT2D eigenvalue weighted by Crippen LogP contribution is -2.51. The quantitative estimate of drug-likeness (QED) is 0.102. The second-order valence-corrected chi connectivity index (χ2v) is 18.4. The normalized spacial score (nSPS) is 21.3. The standard InChI is InChI=1S/C49H58N8O6/c1-26(2)42(54-48(60)62-5)46(58)56-21-7-9-38(56)44-50-25-37(53-44)29-13-11-28(12-14-29)33-18-19-34(41-32-16-15-31(23-32)40(33)41)30-17-20-35-36(24-30)52-45(51-35)39-10-8-22-57(39)47(59)43(27(3)4)55-49(61)63-6/h11-14,17-20,24-27,31-32,38-39,42-43H,7-10,15-16,21-23H2,1-6H3,(H,50,53)(H,51,52)(H,54,60)(H,55,61)/t31?,32?,38-,39-,42-,43-/m0/s1. The number of nitrogens with one attached hydrogen (secondary N) is 4. The Balaban J connectivity index is 0.949. The molecule has 2 aliphatic heterocycles. The zero-order valence-electron chi connectivity index (χ0n) is 37.0. The molecule has 9 rings (SSSR count). The number of carbonyl (C=O) groups is 4. The summed E-state index contributed by atoms with van der Waals surface area (Å²) in [6, 6.07) is 18.0. The first-order valence-corrected chi connectivity index (χ1v) is 22.6. The van der Waals surface area contributed by atoms with E-state index in [1.54, 1.807) is 0 Å². The van der Waals surface area contributed by atoms with Gasteiger partial charge in [-0.2, -0.15) is 0 Å². The van der Waals surface area contributed by atoms with Crippen LogP contribution in [0.25, 0.3) is 44.5 Å². The molecule has 0 radical (unpaired) electrons. The van der Waals surface area contributed by atoms with Gasteiger partial charge in [0.05, 0.1) is 49.2 Å². The maximum atomic E-state index is 13.8. The molecule has 6 atom stereocenters. The van der Waals surface area contributed by atoms with Gasteiger partial charge < -0.3 is 39.9 Å². The minimum absolute atomic E-state index is 0.102. The molecular weight excluding hydrogens is 797 g/mol. The third-order valence-electron chi connectivity index (χ3n) is 13.9. The van der Waals surface area contributed by atoms with Crippen molar-refractivity contribution in [2.45, 2.75) is 109 Å². The molecule has 2 aromatic heterocycles. The predicted molar refractivity (Wildman–Crippen MR) is 240 cm³/mol. The lowest BCUT2D eigenvalue weighted by Gasteiger charge is -2.30. The molecule has 1 saturated carbocycles. The van der Waals surface area contributed by atoms with E-state index < -0.39 is 24.3 Å². The number of methoxy groups -OCH3 is 2. The molecule has 0 spiro atoms. The number of imidazole rings is 2. The smallest absolute Gasteiger partial charge is 0.407 e. The van der Waals surface area contributed by atoms with Crippen LogP contribution in [0.15, 0.2) is 60.8 Å². The number of nitrogens with zero attached hydrogens (tertiary/aromatic N) is 4. The zero-order chi connectivity index (χ0) is 44.1. The highest BCUT2D eigenvalue weighted by Crippen LogP contribution is 2.58. The lowest BCUT2D eigenvalue weighted by atomic mass is 9.81. The number of rotatable bonds is 11. The number of alkyl carbamates (subject to hydrolysis) is 2. The molecule has 4 heterocycles. The van der Waals surface area contributed by atoms with Crippen LogP contribution in [0.4, 0.5) is 9.59 Å². The Bertz CT molecular complexity index is 2540. The fourth-order valence-corrected chi connectivity index (χ4v) is 10.7. The van der Waals surface area contributed by atoms with Gasteiger partial charge in [-0.3, -0.25) is 9.59 Å². The second kappa shape index (κ2) is 17.2. The van der Waals surface area contributed by atoms with Crippen molar-refractivity contribution in [3.8, 4) is 33.5 Å². The van der Waals surface area contributed by atoms with Crippen LogP contribution < -0.4 is 10.6 Å². The number of benzene rings is 3. The van der Waals surface area contributed by atoms with Crippen molar-refractivity contribution in [1.82, 2.24) is 40.4 Å². The van der Waals surface area contributed by atoms with E-state index in [0.717, 1.165) is 65.2 Å². The number of carbonyl (C=O) groups excluding carboxylic acids is 4. The van der Waals surface area contributed by atoms with E-state index in [1.165, 1.54) is 61.3 Å². The van der Waals surface area contributed by atoms with Crippen LogP contribution in [0.2, 0.25) is 0 Å². The zero-order valence-corrected chi connectivity index (χ0v) is 37.0. The number of ether oxygens (including phenoxy) is 2. The molecule has 5 aromatic rings. The highest BCUT2D eigenvalue weighted by molar-refractivity contribution is 5.89. The molecule has 4 aliphatic rings. The number of fused-ring (bicyclic) bond motifs is 6. The topological polar surface area (TPSA) is 175 Å². The highest BCUT2D eigenvalue weighted by Gasteiger charge is 2.42. The van der Waals surface area contributed by atoms with E-state index in [-0.39, 0.29) is 35.7 Å². The van der Waals surface area contributed by atoms with Crippen molar-refractivity contribution in [2.24, 2.45) is 11.8 Å². The van der Waals surface area contributed by atoms with E-state index in [2.05, 4.69) is 75.2 Å². The van der Waals surface area contributed by atoms with Gasteiger partial charge in [0.25, 0.3) is 0 Å². The SMILES string of the molecule is COC(=O)N[C@H](C(=O)N1CCC[C@H]1c1ncc(-c2ccc(-c3ccc(-c4ccc5nc([C@@H]6CCCN6C(=O)[C@@H](NC(=O)OC)C(C)C)[nH]c5c4)c4c3C3CCC4C3)cc2)[nH]1)C(C)C. The molecule has 3 aromatic carbocycles. The minimum atomic E-state index is -0.687. The molecule has 4 amide bonds. The molecule has 63 heavy (non-hydrogen) atoms. The predicted octanol–water partition coefficient (Wildman–Crippen LogP) is 8.74. The van der Waals surface area contributed by atoms with Crippen LogP contribution in [0, 0.1) is 11.8 Å². The Morgan fingerprint density at radius 3 is 1.75 bits per heavy atom. The van der Waals surface area contributed by atoms with Crippen LogP contribution >= 0.6 is 0 Å². The van der Waals surface area contributed by atoms with Crippen LogP contribution in [0.3, 0.4) is 0 Å². The molecule has 2 bridgehead atoms. The van der Waals surface area contributed by atoms with E-state index in [0.29, 0.717) is 24.9 Å². The first kappa shape index (κ1) is 42.1. The van der Waals surface area contributed by atoms with Gasteiger partial charge in [-0.1, -0.05) is 70.2 Å². The van der Waals surface area contributed by atoms with Crippen molar-refractivity contribution >= 4 is 35.0 Å². The minimum Gasteiger partial charge on any atom is -0.453 e. The fourth-order valence-electron chi connectivity index (χ4n) is 10.7. The number of aromatic nitrogens is 4. The number of aromatic amines is 2. The summed E-state index contributed by atoms with van der Waals surface area (Å²) in [6.45, 7) is 8.88. The van der Waals surface area contributed by atoms with E-state index in [4.69, 9.17) is 19.4 Å². The Hall–Kier alpha value is -6.18. The van der Waals surface area contributed by atoms with Gasteiger partial charge in [0.15, 0.2) is 0 Å². The van der Waals surface area contributed by atoms with Crippen molar-refractivity contribution in [2.75, 3.05) is 27.3 Å². The maximum absolute atomic E-state index is 13.8. The van der Waals surface area contributed by atoms with E-state index in [1.807, 2.05) is 43.7 Å². The number of amides is 4. The number of likely N-dealkylation sites (tertiary alicyclic amines) is 2. The summed E-state index contributed by atoms with van der Waals surface area (Å²) in [5.74, 6) is 2.11. The summed E-state index contributed by atoms with van der Waals surface area (Å²) < 4.78 is 9.61. The summed E-state index contributed by atoms with van der Waals surface area (Å²) >= 11 is 0. The first-order valence-electron chi connectivity index (χ1n) is 22.6. The summed E-state index contributed by atoms with van der Waals surface area (Å²) in [5, 5.41) is 5.46. The van der Waals surface area contributed by atoms with Crippen LogP contribution in [0.5, 0.6) is 0 Å². The molecule has 3 fully saturated rings. The summed E-state index contributed by atoms with van der Waals surface area (Å²) in [7, 11) is 2.61. The average Bonchev–Trinajstić information content (AvgIpc) is 4.16. The number of hydrogen-bond donors (Lipinski definition) is 4. The van der Waals surface area contributed by atoms with Crippen LogP contribution in [0.1, 0.15) is 119 Å². The largest absolute Gasteiger partial charge is 0.453 e. The molecule has 2 aliphatic carbocycles. The van der Waals surface area contributed by atoms with Crippen molar-refractivity contribution in [1.29, 1.82) is 0 Å². The summed E-state index contributed by atoms with van der Waals surface area (Å²) in [4.78, 5) is 72.1. The van der Waals surface area contributed by atoms with Gasteiger partial charge >= 0.3 is 12.2 Å². The van der Waals surface area contributed by atoms with Crippen molar-refractivity contribution in [3.05, 3.63) is 83.6 Å². The van der Waals surface area contributed by atoms with Gasteiger partial charge in [-0.15, -0.1) is 0 Å². The Morgan fingerprint density at radius 1 is 0.667 bits per heavy atom. The number of hydrogen-bond acceptors (Lipinski definition) is 8. The Morgan fingerprint density at radius 2 is 1.19 bits per heavy atom. The van der Waals surface area contributed by atoms with Gasteiger partial charge in [-0.25, -0.2) is 19.6 Å². The monoisotopic (exact) mass is 854 g/mol. The Labute approximate surface area is 367 Å². The third-order valence-corrected chi connectivity index (χ3v) is 13.9. The molecule has 330 valence electrons. The van der Waals surface area contributed by atoms with E-state index in [9.17, 15) is 19.2 Å². The average molecular weight is 855 g/mol. The second-order valence-electron chi connectivity index (χ2n) is 18.4. The molecular formula is C49H58N8O6. The highest BCUT2D eigenvalue weighted by atomic mass is 16.5. The van der Waals surface area contributed by atoms with Gasteiger partial charge in [0.2, 0.25) is 11.8 Å². The lowest BCUT2D eigenvalue weighted by molar-refractivity contribution is -0.136. The number of H-pyrrole nitrogens is 2. The van der Waals surface area contributed by atoms with E-state index >= 15 is 0 Å². The van der Waals surface area contributed by atoms with Gasteiger partial charge in [0.1, 0.15) is 23.7 Å². The maximum Gasteiger partial charge on any atom is 0.407 e. The molecule has 2 unspecified atom stereocenters. The molecule has 4 N–H and O–H groups in total. The van der Waals surface area contributed by atoms with Crippen molar-refractivity contribution in [3.63, 3.8) is 0 Å². The molecule has 14 nitrogen and oxygen atoms in total. The summed E-state index contributed by atoms with van der Waals surface area (Å²) in [5.41, 5.74) is 11.5.